The Bertz CT molecular complexity index is 1100. The van der Waals surface area contributed by atoms with Gasteiger partial charge in [0.05, 0.1) is 5.69 Å². The summed E-state index contributed by atoms with van der Waals surface area (Å²) in [4.78, 5) is 15.3. The summed E-state index contributed by atoms with van der Waals surface area (Å²) in [6.45, 7) is 2.22. The van der Waals surface area contributed by atoms with E-state index in [4.69, 9.17) is 0 Å². The molecule has 1 aliphatic rings. The van der Waals surface area contributed by atoms with Gasteiger partial charge < -0.3 is 25.4 Å². The van der Waals surface area contributed by atoms with Crippen LogP contribution >= 0.6 is 0 Å². The van der Waals surface area contributed by atoms with Crippen LogP contribution in [-0.4, -0.2) is 48.6 Å². The zero-order valence-electron chi connectivity index (χ0n) is 18.9. The lowest BCUT2D eigenvalue weighted by Gasteiger charge is -2.20. The number of hydrogen-bond acceptors (Lipinski definition) is 4. The average Bonchev–Trinajstić information content (AvgIpc) is 3.37. The molecule has 174 valence electrons. The molecule has 0 saturated carbocycles. The Morgan fingerprint density at radius 1 is 1.06 bits per heavy atom. The van der Waals surface area contributed by atoms with Crippen LogP contribution in [0.1, 0.15) is 28.8 Å². The monoisotopic (exact) mass is 453 g/mol. The van der Waals surface area contributed by atoms with E-state index in [9.17, 15) is 13.6 Å². The number of likely N-dealkylation sites (tertiary alicyclic amines) is 1. The molecule has 1 atom stereocenters. The lowest BCUT2D eigenvalue weighted by molar-refractivity contribution is 0.0964. The van der Waals surface area contributed by atoms with Crippen LogP contribution in [0.3, 0.4) is 0 Å². The molecule has 0 spiro atoms. The first kappa shape index (κ1) is 22.8. The van der Waals surface area contributed by atoms with Crippen molar-refractivity contribution in [2.75, 3.05) is 37.8 Å². The van der Waals surface area contributed by atoms with Gasteiger partial charge in [-0.15, -0.1) is 0 Å². The first-order chi connectivity index (χ1) is 15.9. The van der Waals surface area contributed by atoms with Gasteiger partial charge >= 0.3 is 0 Å². The van der Waals surface area contributed by atoms with Gasteiger partial charge in [0, 0.05) is 38.1 Å². The number of nitrogens with zero attached hydrogens (tertiary/aromatic N) is 2. The molecule has 0 radical (unpaired) electrons. The van der Waals surface area contributed by atoms with Crippen molar-refractivity contribution in [3.8, 4) is 0 Å². The SMILES string of the molecule is CNC(=O)c1c(NCC2CCCN2C)cn(Cc2ccc(F)cc2)c1Nc1ccc(F)cc1. The molecule has 3 aromatic rings. The molecule has 1 amide bonds. The molecule has 3 N–H and O–H groups in total. The third-order valence-corrected chi connectivity index (χ3v) is 6.11. The molecule has 1 fully saturated rings. The van der Waals surface area contributed by atoms with Gasteiger partial charge in [-0.2, -0.15) is 0 Å². The van der Waals surface area contributed by atoms with Crippen LogP contribution in [0.2, 0.25) is 0 Å². The van der Waals surface area contributed by atoms with Crippen LogP contribution < -0.4 is 16.0 Å². The molecule has 1 aromatic heterocycles. The summed E-state index contributed by atoms with van der Waals surface area (Å²) < 4.78 is 28.8. The minimum atomic E-state index is -0.336. The molecule has 1 saturated heterocycles. The summed E-state index contributed by atoms with van der Waals surface area (Å²) >= 11 is 0. The van der Waals surface area contributed by atoms with Gasteiger partial charge in [-0.25, -0.2) is 8.78 Å². The van der Waals surface area contributed by atoms with Crippen molar-refractivity contribution >= 4 is 23.1 Å². The van der Waals surface area contributed by atoms with E-state index in [1.54, 1.807) is 31.3 Å². The number of halogens is 2. The van der Waals surface area contributed by atoms with Crippen LogP contribution in [0.15, 0.2) is 54.7 Å². The number of carbonyl (C=O) groups excluding carboxylic acids is 1. The van der Waals surface area contributed by atoms with Crippen LogP contribution in [-0.2, 0) is 6.54 Å². The van der Waals surface area contributed by atoms with Crippen molar-refractivity contribution in [3.05, 3.63) is 77.5 Å². The lowest BCUT2D eigenvalue weighted by atomic mass is 10.2. The Balaban J connectivity index is 1.71. The van der Waals surface area contributed by atoms with Crippen LogP contribution in [0.25, 0.3) is 0 Å². The minimum Gasteiger partial charge on any atom is -0.382 e. The summed E-state index contributed by atoms with van der Waals surface area (Å²) in [6, 6.07) is 12.7. The lowest BCUT2D eigenvalue weighted by Crippen LogP contribution is -2.32. The largest absolute Gasteiger partial charge is 0.382 e. The van der Waals surface area contributed by atoms with Crippen molar-refractivity contribution in [1.82, 2.24) is 14.8 Å². The quantitative estimate of drug-likeness (QED) is 0.473. The van der Waals surface area contributed by atoms with Gasteiger partial charge in [-0.05, 0) is 68.4 Å². The molecule has 33 heavy (non-hydrogen) atoms. The van der Waals surface area contributed by atoms with Crippen molar-refractivity contribution < 1.29 is 13.6 Å². The highest BCUT2D eigenvalue weighted by Crippen LogP contribution is 2.32. The topological polar surface area (TPSA) is 61.3 Å². The number of anilines is 3. The van der Waals surface area contributed by atoms with Crippen molar-refractivity contribution in [2.45, 2.75) is 25.4 Å². The fraction of sp³-hybridized carbons (Fsp3) is 0.320. The maximum absolute atomic E-state index is 13.4. The minimum absolute atomic E-state index is 0.236. The number of likely N-dealkylation sites (N-methyl/N-ethyl adjacent to an activating group) is 1. The Morgan fingerprint density at radius 2 is 1.73 bits per heavy atom. The standard InChI is InChI=1S/C25H29F2N5O/c1-28-25(33)23-22(29-14-21-4-3-13-31(21)2)16-32(15-17-5-7-18(26)8-6-17)24(23)30-20-11-9-19(27)10-12-20/h5-12,16,21,29-30H,3-4,13-15H2,1-2H3,(H,28,33). The first-order valence-corrected chi connectivity index (χ1v) is 11.1. The number of rotatable bonds is 8. The highest BCUT2D eigenvalue weighted by molar-refractivity contribution is 6.05. The van der Waals surface area contributed by atoms with E-state index in [0.29, 0.717) is 35.3 Å². The number of hydrogen-bond donors (Lipinski definition) is 3. The Labute approximate surface area is 192 Å². The predicted molar refractivity (Wildman–Crippen MR) is 127 cm³/mol. The smallest absolute Gasteiger partial charge is 0.256 e. The van der Waals surface area contributed by atoms with Gasteiger partial charge in [0.15, 0.2) is 0 Å². The Kier molecular flexibility index (Phi) is 6.93. The maximum Gasteiger partial charge on any atom is 0.256 e. The molecule has 2 aromatic carbocycles. The third kappa shape index (κ3) is 5.34. The summed E-state index contributed by atoms with van der Waals surface area (Å²) in [5, 5.41) is 9.48. The Morgan fingerprint density at radius 3 is 2.33 bits per heavy atom. The van der Waals surface area contributed by atoms with Gasteiger partial charge in [0.1, 0.15) is 23.0 Å². The number of amides is 1. The zero-order chi connectivity index (χ0) is 23.4. The maximum atomic E-state index is 13.4. The molecule has 6 nitrogen and oxygen atoms in total. The van der Waals surface area contributed by atoms with Crippen molar-refractivity contribution in [3.63, 3.8) is 0 Å². The molecule has 2 heterocycles. The zero-order valence-corrected chi connectivity index (χ0v) is 18.9. The molecular formula is C25H29F2N5O. The van der Waals surface area contributed by atoms with Gasteiger partial charge in [0.25, 0.3) is 5.91 Å². The highest BCUT2D eigenvalue weighted by Gasteiger charge is 2.25. The molecule has 8 heteroatoms. The summed E-state index contributed by atoms with van der Waals surface area (Å²) in [5.41, 5.74) is 2.73. The fourth-order valence-corrected chi connectivity index (χ4v) is 4.23. The van der Waals surface area contributed by atoms with Gasteiger partial charge in [0.2, 0.25) is 0 Å². The molecule has 1 unspecified atom stereocenters. The Hall–Kier alpha value is -3.39. The van der Waals surface area contributed by atoms with E-state index >= 15 is 0 Å². The second kappa shape index (κ2) is 10.0. The molecule has 0 bridgehead atoms. The van der Waals surface area contributed by atoms with E-state index < -0.39 is 0 Å². The normalized spacial score (nSPS) is 16.1. The molecule has 1 aliphatic heterocycles. The number of benzene rings is 2. The fourth-order valence-electron chi connectivity index (χ4n) is 4.23. The van der Waals surface area contributed by atoms with Gasteiger partial charge in [-0.3, -0.25) is 4.79 Å². The third-order valence-electron chi connectivity index (χ3n) is 6.11. The number of carbonyl (C=O) groups is 1. The van der Waals surface area contributed by atoms with E-state index in [1.165, 1.54) is 24.3 Å². The first-order valence-electron chi connectivity index (χ1n) is 11.1. The van der Waals surface area contributed by atoms with Crippen molar-refractivity contribution in [2.24, 2.45) is 0 Å². The van der Waals surface area contributed by atoms with Crippen molar-refractivity contribution in [1.29, 1.82) is 0 Å². The molecular weight excluding hydrogens is 424 g/mol. The van der Waals surface area contributed by atoms with E-state index in [1.807, 2.05) is 10.8 Å². The molecule has 0 aliphatic carbocycles. The summed E-state index contributed by atoms with van der Waals surface area (Å²) in [7, 11) is 3.70. The molecule has 4 rings (SSSR count). The van der Waals surface area contributed by atoms with E-state index in [-0.39, 0.29) is 17.5 Å². The van der Waals surface area contributed by atoms with Crippen LogP contribution in [0.5, 0.6) is 0 Å². The summed E-state index contributed by atoms with van der Waals surface area (Å²) in [5.74, 6) is -0.297. The van der Waals surface area contributed by atoms with E-state index in [2.05, 4.69) is 27.9 Å². The summed E-state index contributed by atoms with van der Waals surface area (Å²) in [6.07, 6.45) is 4.17. The van der Waals surface area contributed by atoms with E-state index in [0.717, 1.165) is 31.5 Å². The number of nitrogens with one attached hydrogen (secondary N) is 3. The second-order valence-electron chi connectivity index (χ2n) is 8.39. The van der Waals surface area contributed by atoms with Crippen LogP contribution in [0, 0.1) is 11.6 Å². The predicted octanol–water partition coefficient (Wildman–Crippen LogP) is 4.42. The number of aromatic nitrogens is 1. The van der Waals surface area contributed by atoms with Gasteiger partial charge in [-0.1, -0.05) is 12.1 Å². The average molecular weight is 454 g/mol. The highest BCUT2D eigenvalue weighted by atomic mass is 19.1. The second-order valence-corrected chi connectivity index (χ2v) is 8.39. The van der Waals surface area contributed by atoms with Crippen LogP contribution in [0.4, 0.5) is 26.0 Å².